The van der Waals surface area contributed by atoms with Gasteiger partial charge in [-0.3, -0.25) is 9.59 Å². The monoisotopic (exact) mass is 374 g/mol. The fraction of sp³-hybridized carbons (Fsp3) is 0.278. The number of furan rings is 1. The normalized spacial score (nSPS) is 12.3. The number of rotatable bonds is 7. The number of carboxylic acid groups (broad SMARTS) is 1. The summed E-state index contributed by atoms with van der Waals surface area (Å²) in [6.07, 6.45) is 0.659. The third-order valence-electron chi connectivity index (χ3n) is 4.23. The first-order valence-electron chi connectivity index (χ1n) is 8.08. The first-order chi connectivity index (χ1) is 12.3. The quantitative estimate of drug-likeness (QED) is 0.543. The molecule has 0 amide bonds. The summed E-state index contributed by atoms with van der Waals surface area (Å²) in [6, 6.07) is 3.42. The van der Waals surface area contributed by atoms with Crippen molar-refractivity contribution in [1.29, 1.82) is 0 Å². The van der Waals surface area contributed by atoms with Crippen molar-refractivity contribution in [3.63, 3.8) is 0 Å². The predicted molar refractivity (Wildman–Crippen MR) is 101 cm³/mol. The molecule has 3 rings (SSSR count). The highest BCUT2D eigenvalue weighted by Gasteiger charge is 2.26. The highest BCUT2D eigenvalue weighted by Crippen LogP contribution is 2.32. The van der Waals surface area contributed by atoms with Gasteiger partial charge in [0.05, 0.1) is 11.7 Å². The van der Waals surface area contributed by atoms with Crippen molar-refractivity contribution in [3.05, 3.63) is 59.9 Å². The molecule has 0 saturated carbocycles. The number of carboxylic acids is 1. The summed E-state index contributed by atoms with van der Waals surface area (Å²) >= 11 is 1.07. The molecule has 26 heavy (non-hydrogen) atoms. The molecule has 0 spiro atoms. The fourth-order valence-electron chi connectivity index (χ4n) is 2.72. The van der Waals surface area contributed by atoms with Crippen molar-refractivity contribution in [2.24, 2.45) is 0 Å². The van der Waals surface area contributed by atoms with E-state index in [0.29, 0.717) is 23.4 Å². The largest absolute Gasteiger partial charge is 0.477 e. The number of hydrogen-bond donors (Lipinski definition) is 3. The highest BCUT2D eigenvalue weighted by molar-refractivity contribution is 7.12. The van der Waals surface area contributed by atoms with E-state index in [-0.39, 0.29) is 22.3 Å². The highest BCUT2D eigenvalue weighted by atomic mass is 32.1. The number of aryl methyl sites for hydroxylation is 1. The first kappa shape index (κ1) is 17.9. The second kappa shape index (κ2) is 6.80. The van der Waals surface area contributed by atoms with Gasteiger partial charge in [-0.05, 0) is 38.0 Å². The van der Waals surface area contributed by atoms with E-state index >= 15 is 0 Å². The number of anilines is 3. The van der Waals surface area contributed by atoms with Crippen LogP contribution >= 0.6 is 11.3 Å². The maximum Gasteiger partial charge on any atom is 0.346 e. The van der Waals surface area contributed by atoms with Gasteiger partial charge in [0.15, 0.2) is 0 Å². The van der Waals surface area contributed by atoms with Crippen molar-refractivity contribution < 1.29 is 14.3 Å². The van der Waals surface area contributed by atoms with Gasteiger partial charge in [0.2, 0.25) is 0 Å². The molecule has 0 saturated heterocycles. The Balaban J connectivity index is 1.87. The molecule has 0 aliphatic rings. The van der Waals surface area contributed by atoms with Gasteiger partial charge in [-0.15, -0.1) is 11.3 Å². The third kappa shape index (κ3) is 3.03. The molecule has 7 nitrogen and oxygen atoms in total. The standard InChI is InChI=1S/C18H18N2O5S/c1-4-10(12-6-5-8(2)25-12)19-13-14(16(22)15(13)21)20-11-7-26-17(9(11)3)18(23)24/h5-7,10,19-20H,4H2,1-3H3,(H,23,24)/t10-/m1/s1. The molecule has 3 aromatic rings. The van der Waals surface area contributed by atoms with Crippen LogP contribution in [0, 0.1) is 13.8 Å². The van der Waals surface area contributed by atoms with E-state index in [0.717, 1.165) is 17.1 Å². The summed E-state index contributed by atoms with van der Waals surface area (Å²) in [5.74, 6) is 0.422. The smallest absolute Gasteiger partial charge is 0.346 e. The second-order valence-electron chi connectivity index (χ2n) is 6.00. The number of nitrogens with one attached hydrogen (secondary N) is 2. The minimum absolute atomic E-state index is 0.148. The van der Waals surface area contributed by atoms with Crippen molar-refractivity contribution in [2.75, 3.05) is 10.6 Å². The van der Waals surface area contributed by atoms with Gasteiger partial charge in [-0.2, -0.15) is 0 Å². The average molecular weight is 374 g/mol. The molecule has 8 heteroatoms. The molecule has 0 radical (unpaired) electrons. The summed E-state index contributed by atoms with van der Waals surface area (Å²) in [5, 5.41) is 16.7. The van der Waals surface area contributed by atoms with Crippen molar-refractivity contribution in [2.45, 2.75) is 33.2 Å². The van der Waals surface area contributed by atoms with Crippen LogP contribution in [0.4, 0.5) is 17.1 Å². The van der Waals surface area contributed by atoms with Gasteiger partial charge < -0.3 is 20.2 Å². The van der Waals surface area contributed by atoms with Crippen LogP contribution in [0.2, 0.25) is 0 Å². The molecule has 0 unspecified atom stereocenters. The maximum atomic E-state index is 12.0. The summed E-state index contributed by atoms with van der Waals surface area (Å²) < 4.78 is 5.61. The Morgan fingerprint density at radius 3 is 2.46 bits per heavy atom. The molecule has 136 valence electrons. The molecule has 1 atom stereocenters. The Hall–Kier alpha value is -2.87. The average Bonchev–Trinajstić information content (AvgIpc) is 3.20. The van der Waals surface area contributed by atoms with E-state index in [1.807, 2.05) is 26.0 Å². The van der Waals surface area contributed by atoms with Crippen LogP contribution in [-0.2, 0) is 0 Å². The van der Waals surface area contributed by atoms with Crippen LogP contribution in [0.5, 0.6) is 0 Å². The van der Waals surface area contributed by atoms with Gasteiger partial charge in [0, 0.05) is 5.38 Å². The second-order valence-corrected chi connectivity index (χ2v) is 6.88. The van der Waals surface area contributed by atoms with E-state index < -0.39 is 16.8 Å². The SMILES string of the molecule is CC[C@@H](Nc1c(Nc2csc(C(=O)O)c2C)c(=O)c1=O)c1ccc(C)o1. The number of carbonyl (C=O) groups is 1. The molecule has 0 aliphatic carbocycles. The van der Waals surface area contributed by atoms with Gasteiger partial charge in [0.1, 0.15) is 27.8 Å². The molecule has 0 bridgehead atoms. The first-order valence-corrected chi connectivity index (χ1v) is 8.96. The zero-order valence-corrected chi connectivity index (χ0v) is 15.3. The summed E-state index contributed by atoms with van der Waals surface area (Å²) in [7, 11) is 0. The molecule has 1 aromatic carbocycles. The minimum Gasteiger partial charge on any atom is -0.477 e. The van der Waals surface area contributed by atoms with E-state index in [9.17, 15) is 14.4 Å². The lowest BCUT2D eigenvalue weighted by Gasteiger charge is -2.20. The van der Waals surface area contributed by atoms with Gasteiger partial charge in [-0.1, -0.05) is 6.92 Å². The fourth-order valence-corrected chi connectivity index (χ4v) is 3.58. The zero-order valence-electron chi connectivity index (χ0n) is 14.5. The Kier molecular flexibility index (Phi) is 4.69. The van der Waals surface area contributed by atoms with E-state index in [1.165, 1.54) is 0 Å². The third-order valence-corrected chi connectivity index (χ3v) is 5.30. The lowest BCUT2D eigenvalue weighted by molar-refractivity contribution is 0.0701. The topological polar surface area (TPSA) is 109 Å². The number of thiophene rings is 1. The maximum absolute atomic E-state index is 12.0. The molecule has 3 N–H and O–H groups in total. The molecule has 2 heterocycles. The van der Waals surface area contributed by atoms with Crippen LogP contribution < -0.4 is 21.5 Å². The van der Waals surface area contributed by atoms with E-state index in [1.54, 1.807) is 12.3 Å². The van der Waals surface area contributed by atoms with Crippen LogP contribution in [0.3, 0.4) is 0 Å². The van der Waals surface area contributed by atoms with Crippen molar-refractivity contribution in [3.8, 4) is 0 Å². The molecular formula is C18H18N2O5S. The predicted octanol–water partition coefficient (Wildman–Crippen LogP) is 3.56. The Morgan fingerprint density at radius 2 is 1.92 bits per heavy atom. The lowest BCUT2D eigenvalue weighted by Crippen LogP contribution is -2.37. The molecule has 2 aromatic heterocycles. The van der Waals surface area contributed by atoms with Gasteiger partial charge in [0.25, 0.3) is 10.9 Å². The minimum atomic E-state index is -1.02. The molecular weight excluding hydrogens is 356 g/mol. The summed E-state index contributed by atoms with van der Waals surface area (Å²) in [5.41, 5.74) is 0.147. The number of hydrogen-bond acceptors (Lipinski definition) is 7. The van der Waals surface area contributed by atoms with Crippen molar-refractivity contribution in [1.82, 2.24) is 0 Å². The summed E-state index contributed by atoms with van der Waals surface area (Å²) in [4.78, 5) is 35.4. The van der Waals surface area contributed by atoms with Crippen LogP contribution in [0.1, 0.15) is 46.1 Å². The van der Waals surface area contributed by atoms with Gasteiger partial charge in [-0.25, -0.2) is 4.79 Å². The molecule has 0 aliphatic heterocycles. The summed E-state index contributed by atoms with van der Waals surface area (Å²) in [6.45, 7) is 5.43. The van der Waals surface area contributed by atoms with Crippen LogP contribution in [0.15, 0.2) is 31.5 Å². The van der Waals surface area contributed by atoms with Gasteiger partial charge >= 0.3 is 5.97 Å². The van der Waals surface area contributed by atoms with Crippen molar-refractivity contribution >= 4 is 34.4 Å². The van der Waals surface area contributed by atoms with Crippen LogP contribution in [-0.4, -0.2) is 11.1 Å². The van der Waals surface area contributed by atoms with Crippen LogP contribution in [0.25, 0.3) is 0 Å². The number of aromatic carboxylic acids is 1. The lowest BCUT2D eigenvalue weighted by atomic mass is 10.1. The Labute approximate surface area is 153 Å². The Morgan fingerprint density at radius 1 is 1.23 bits per heavy atom. The molecule has 0 fully saturated rings. The zero-order chi connectivity index (χ0) is 19.0. The van der Waals surface area contributed by atoms with E-state index in [2.05, 4.69) is 10.6 Å². The van der Waals surface area contributed by atoms with E-state index in [4.69, 9.17) is 9.52 Å². The Bertz CT molecular complexity index is 1040.